The fourth-order valence-electron chi connectivity index (χ4n) is 5.15. The number of amides is 1. The maximum absolute atomic E-state index is 14.4. The van der Waals surface area contributed by atoms with Crippen LogP contribution in [0.1, 0.15) is 57.4 Å². The number of ether oxygens (including phenoxy) is 1. The van der Waals surface area contributed by atoms with Crippen molar-refractivity contribution in [1.82, 2.24) is 14.9 Å². The second-order valence-electron chi connectivity index (χ2n) is 9.14. The highest BCUT2D eigenvalue weighted by Gasteiger charge is 2.36. The van der Waals surface area contributed by atoms with Crippen LogP contribution in [0.4, 0.5) is 4.39 Å². The van der Waals surface area contributed by atoms with Gasteiger partial charge in [-0.25, -0.2) is 9.37 Å². The van der Waals surface area contributed by atoms with E-state index >= 15 is 0 Å². The Morgan fingerprint density at radius 2 is 1.82 bits per heavy atom. The molecule has 3 aromatic rings. The average molecular weight is 470 g/mol. The first-order valence-corrected chi connectivity index (χ1v) is 12.3. The van der Waals surface area contributed by atoms with Gasteiger partial charge in [0.05, 0.1) is 17.1 Å². The highest BCUT2D eigenvalue weighted by molar-refractivity contribution is 6.30. The third kappa shape index (κ3) is 4.78. The maximum atomic E-state index is 14.4. The van der Waals surface area contributed by atoms with Crippen LogP contribution in [0.25, 0.3) is 22.4 Å². The highest BCUT2D eigenvalue weighted by atomic mass is 35.5. The van der Waals surface area contributed by atoms with Gasteiger partial charge in [0.25, 0.3) is 0 Å². The van der Waals surface area contributed by atoms with Crippen LogP contribution in [0.2, 0.25) is 5.02 Å². The standard InChI is InChI=1S/C26H29ClFN3O2/c27-18-11-9-17(10-12-18)25-30-21-14-13-19(28)16-22(21)31(25)24(23-8-4-5-15-33-23)26(32)29-20-6-2-1-3-7-20/h9-14,16,20,23-24H,1-8,15H2,(H,29,32)/t23-,24+/m0/s1. The van der Waals surface area contributed by atoms with Gasteiger partial charge in [-0.15, -0.1) is 0 Å². The van der Waals surface area contributed by atoms with Crippen LogP contribution in [0.5, 0.6) is 0 Å². The number of rotatable bonds is 5. The van der Waals surface area contributed by atoms with Crippen molar-refractivity contribution >= 4 is 28.5 Å². The summed E-state index contributed by atoms with van der Waals surface area (Å²) in [5.41, 5.74) is 2.06. The first kappa shape index (κ1) is 22.4. The molecule has 5 nitrogen and oxygen atoms in total. The lowest BCUT2D eigenvalue weighted by atomic mass is 9.94. The second-order valence-corrected chi connectivity index (χ2v) is 9.58. The van der Waals surface area contributed by atoms with Gasteiger partial charge < -0.3 is 14.6 Å². The predicted octanol–water partition coefficient (Wildman–Crippen LogP) is 6.05. The van der Waals surface area contributed by atoms with Crippen LogP contribution in [-0.4, -0.2) is 34.2 Å². The van der Waals surface area contributed by atoms with Crippen molar-refractivity contribution in [2.45, 2.75) is 69.6 Å². The van der Waals surface area contributed by atoms with Gasteiger partial charge in [-0.3, -0.25) is 4.79 Å². The lowest BCUT2D eigenvalue weighted by molar-refractivity contribution is -0.131. The third-order valence-electron chi connectivity index (χ3n) is 6.82. The van der Waals surface area contributed by atoms with Crippen molar-refractivity contribution in [3.8, 4) is 11.4 Å². The fraction of sp³-hybridized carbons (Fsp3) is 0.462. The summed E-state index contributed by atoms with van der Waals surface area (Å²) in [6.07, 6.45) is 7.92. The smallest absolute Gasteiger partial charge is 0.246 e. The quantitative estimate of drug-likeness (QED) is 0.494. The van der Waals surface area contributed by atoms with Gasteiger partial charge in [0.1, 0.15) is 17.7 Å². The normalized spacial score (nSPS) is 20.6. The molecule has 0 radical (unpaired) electrons. The summed E-state index contributed by atoms with van der Waals surface area (Å²) in [6.45, 7) is 0.620. The number of aromatic nitrogens is 2. The first-order chi connectivity index (χ1) is 16.1. The number of nitrogens with one attached hydrogen (secondary N) is 1. The Bertz CT molecular complexity index is 1120. The second kappa shape index (κ2) is 9.82. The van der Waals surface area contributed by atoms with E-state index in [0.29, 0.717) is 28.5 Å². The fourth-order valence-corrected chi connectivity index (χ4v) is 5.28. The van der Waals surface area contributed by atoms with E-state index in [-0.39, 0.29) is 23.9 Å². The molecule has 2 fully saturated rings. The van der Waals surface area contributed by atoms with E-state index in [1.54, 1.807) is 18.2 Å². The Labute approximate surface area is 198 Å². The molecular formula is C26H29ClFN3O2. The largest absolute Gasteiger partial charge is 0.376 e. The van der Waals surface area contributed by atoms with Gasteiger partial charge in [0.15, 0.2) is 0 Å². The minimum absolute atomic E-state index is 0.0763. The van der Waals surface area contributed by atoms with Crippen molar-refractivity contribution < 1.29 is 13.9 Å². The molecule has 5 rings (SSSR count). The molecule has 7 heteroatoms. The van der Waals surface area contributed by atoms with E-state index in [9.17, 15) is 9.18 Å². The molecule has 0 spiro atoms. The topological polar surface area (TPSA) is 56.1 Å². The van der Waals surface area contributed by atoms with E-state index < -0.39 is 6.04 Å². The number of hydrogen-bond acceptors (Lipinski definition) is 3. The lowest BCUT2D eigenvalue weighted by Crippen LogP contribution is -2.46. The monoisotopic (exact) mass is 469 g/mol. The summed E-state index contributed by atoms with van der Waals surface area (Å²) in [4.78, 5) is 18.6. The van der Waals surface area contributed by atoms with Crippen LogP contribution in [0, 0.1) is 5.82 Å². The Kier molecular flexibility index (Phi) is 6.65. The zero-order chi connectivity index (χ0) is 22.8. The minimum Gasteiger partial charge on any atom is -0.376 e. The number of carbonyl (C=O) groups is 1. The molecule has 2 aliphatic rings. The maximum Gasteiger partial charge on any atom is 0.246 e. The van der Waals surface area contributed by atoms with Crippen LogP contribution in [0.3, 0.4) is 0 Å². The molecule has 2 atom stereocenters. The molecule has 174 valence electrons. The number of nitrogens with zero attached hydrogens (tertiary/aromatic N) is 2. The van der Waals surface area contributed by atoms with Crippen LogP contribution in [-0.2, 0) is 9.53 Å². The van der Waals surface area contributed by atoms with E-state index in [4.69, 9.17) is 21.3 Å². The molecule has 0 bridgehead atoms. The van der Waals surface area contributed by atoms with Crippen molar-refractivity contribution in [2.24, 2.45) is 0 Å². The molecule has 1 aromatic heterocycles. The van der Waals surface area contributed by atoms with Gasteiger partial charge in [-0.1, -0.05) is 30.9 Å². The summed E-state index contributed by atoms with van der Waals surface area (Å²) in [5.74, 6) is 0.181. The summed E-state index contributed by atoms with van der Waals surface area (Å²) < 4.78 is 22.4. The molecular weight excluding hydrogens is 441 g/mol. The van der Waals surface area contributed by atoms with Crippen molar-refractivity contribution in [2.75, 3.05) is 6.61 Å². The van der Waals surface area contributed by atoms with E-state index in [1.807, 2.05) is 16.7 Å². The van der Waals surface area contributed by atoms with Gasteiger partial charge in [0.2, 0.25) is 5.91 Å². The third-order valence-corrected chi connectivity index (χ3v) is 7.07. The van der Waals surface area contributed by atoms with Gasteiger partial charge in [-0.2, -0.15) is 0 Å². The van der Waals surface area contributed by atoms with Crippen LogP contribution < -0.4 is 5.32 Å². The van der Waals surface area contributed by atoms with Crippen LogP contribution >= 0.6 is 11.6 Å². The molecule has 1 saturated heterocycles. The Morgan fingerprint density at radius 3 is 2.55 bits per heavy atom. The first-order valence-electron chi connectivity index (χ1n) is 12.0. The van der Waals surface area contributed by atoms with E-state index in [2.05, 4.69) is 5.32 Å². The molecule has 1 aliphatic carbocycles. The number of carbonyl (C=O) groups excluding carboxylic acids is 1. The van der Waals surface area contributed by atoms with Crippen molar-refractivity contribution in [3.05, 3.63) is 53.3 Å². The number of halogens is 2. The number of imidazole rings is 1. The molecule has 1 amide bonds. The van der Waals surface area contributed by atoms with Gasteiger partial charge in [-0.05, 0) is 74.6 Å². The SMILES string of the molecule is O=C(NC1CCCCC1)[C@@H]([C@@H]1CCCCO1)n1c(-c2ccc(Cl)cc2)nc2ccc(F)cc21. The number of hydrogen-bond donors (Lipinski definition) is 1. The summed E-state index contributed by atoms with van der Waals surface area (Å²) in [5, 5.41) is 3.91. The minimum atomic E-state index is -0.635. The molecule has 2 aromatic carbocycles. The van der Waals surface area contributed by atoms with Gasteiger partial charge >= 0.3 is 0 Å². The summed E-state index contributed by atoms with van der Waals surface area (Å²) >= 11 is 6.12. The zero-order valence-electron chi connectivity index (χ0n) is 18.6. The number of benzene rings is 2. The molecule has 1 aliphatic heterocycles. The summed E-state index contributed by atoms with van der Waals surface area (Å²) in [6, 6.07) is 11.4. The number of fused-ring (bicyclic) bond motifs is 1. The Hall–Kier alpha value is -2.44. The predicted molar refractivity (Wildman–Crippen MR) is 128 cm³/mol. The van der Waals surface area contributed by atoms with E-state index in [1.165, 1.54) is 18.6 Å². The molecule has 33 heavy (non-hydrogen) atoms. The molecule has 1 N–H and O–H groups in total. The van der Waals surface area contributed by atoms with Crippen molar-refractivity contribution in [1.29, 1.82) is 0 Å². The van der Waals surface area contributed by atoms with Crippen molar-refractivity contribution in [3.63, 3.8) is 0 Å². The summed E-state index contributed by atoms with van der Waals surface area (Å²) in [7, 11) is 0. The van der Waals surface area contributed by atoms with E-state index in [0.717, 1.165) is 50.5 Å². The van der Waals surface area contributed by atoms with Crippen LogP contribution in [0.15, 0.2) is 42.5 Å². The zero-order valence-corrected chi connectivity index (χ0v) is 19.4. The Balaban J connectivity index is 1.63. The highest BCUT2D eigenvalue weighted by Crippen LogP contribution is 2.35. The molecule has 1 saturated carbocycles. The molecule has 0 unspecified atom stereocenters. The molecule has 2 heterocycles. The van der Waals surface area contributed by atoms with Gasteiger partial charge in [0, 0.05) is 23.2 Å². The Morgan fingerprint density at radius 1 is 1.06 bits per heavy atom. The average Bonchev–Trinajstić information content (AvgIpc) is 3.19. The lowest BCUT2D eigenvalue weighted by Gasteiger charge is -2.33.